The van der Waals surface area contributed by atoms with Crippen LogP contribution in [-0.4, -0.2) is 63.3 Å². The third-order valence-electron chi connectivity index (χ3n) is 6.12. The molecule has 2 aliphatic rings. The minimum atomic E-state index is 0.190. The first-order valence-corrected chi connectivity index (χ1v) is 11.2. The van der Waals surface area contributed by atoms with E-state index in [2.05, 4.69) is 48.2 Å². The van der Waals surface area contributed by atoms with Gasteiger partial charge in [0.05, 0.1) is 6.10 Å². The van der Waals surface area contributed by atoms with Gasteiger partial charge in [0.1, 0.15) is 0 Å². The molecule has 0 aromatic rings. The Labute approximate surface area is 167 Å². The molecule has 0 aliphatic carbocycles. The lowest BCUT2D eigenvalue weighted by molar-refractivity contribution is -0.0835. The van der Waals surface area contributed by atoms with E-state index in [0.717, 1.165) is 31.6 Å². The summed E-state index contributed by atoms with van der Waals surface area (Å²) in [5.41, 5.74) is 0.190. The molecule has 2 N–H and O–H groups in total. The van der Waals surface area contributed by atoms with Crippen LogP contribution in [0.2, 0.25) is 0 Å². The van der Waals surface area contributed by atoms with E-state index in [9.17, 15) is 0 Å². The van der Waals surface area contributed by atoms with Crippen LogP contribution in [0.25, 0.3) is 0 Å². The Morgan fingerprint density at radius 3 is 2.52 bits per heavy atom. The standard InChI is InChI=1S/C22H44N4O/c1-18-10-14-26(15-11-18)13-7-6-12-24-21(23-5)25-17-19-9-8-16-27-20(19)22(2,3)4/h18-20H,6-17H2,1-5H3,(H2,23,24,25). The fraction of sp³-hybridized carbons (Fsp3) is 0.955. The first-order valence-electron chi connectivity index (χ1n) is 11.2. The van der Waals surface area contributed by atoms with Gasteiger partial charge >= 0.3 is 0 Å². The first kappa shape index (κ1) is 22.5. The molecule has 0 bridgehead atoms. The molecule has 0 aromatic heterocycles. The minimum absolute atomic E-state index is 0.190. The first-order chi connectivity index (χ1) is 12.9. The van der Waals surface area contributed by atoms with Crippen LogP contribution >= 0.6 is 0 Å². The van der Waals surface area contributed by atoms with Crippen molar-refractivity contribution in [2.75, 3.05) is 46.4 Å². The number of hydrogen-bond donors (Lipinski definition) is 2. The van der Waals surface area contributed by atoms with E-state index >= 15 is 0 Å². The van der Waals surface area contributed by atoms with Crippen LogP contribution in [0.4, 0.5) is 0 Å². The number of hydrogen-bond acceptors (Lipinski definition) is 3. The molecule has 0 saturated carbocycles. The number of likely N-dealkylation sites (tertiary alicyclic amines) is 1. The van der Waals surface area contributed by atoms with Gasteiger partial charge in [0.2, 0.25) is 0 Å². The van der Waals surface area contributed by atoms with Gasteiger partial charge in [-0.1, -0.05) is 27.7 Å². The Morgan fingerprint density at radius 2 is 1.85 bits per heavy atom. The molecule has 2 rings (SSSR count). The molecule has 2 atom stereocenters. The van der Waals surface area contributed by atoms with Crippen molar-refractivity contribution in [3.63, 3.8) is 0 Å². The minimum Gasteiger partial charge on any atom is -0.377 e. The number of unbranched alkanes of at least 4 members (excludes halogenated alkanes) is 1. The predicted octanol–water partition coefficient (Wildman–Crippen LogP) is 3.50. The summed E-state index contributed by atoms with van der Waals surface area (Å²) >= 11 is 0. The highest BCUT2D eigenvalue weighted by molar-refractivity contribution is 5.79. The highest BCUT2D eigenvalue weighted by Crippen LogP contribution is 2.33. The Morgan fingerprint density at radius 1 is 1.11 bits per heavy atom. The van der Waals surface area contributed by atoms with Crippen LogP contribution in [0.15, 0.2) is 4.99 Å². The van der Waals surface area contributed by atoms with Crippen LogP contribution in [0, 0.1) is 17.3 Å². The molecule has 0 radical (unpaired) electrons. The van der Waals surface area contributed by atoms with Crippen LogP contribution in [-0.2, 0) is 4.74 Å². The maximum Gasteiger partial charge on any atom is 0.190 e. The molecule has 0 amide bonds. The molecule has 158 valence electrons. The number of aliphatic imine (C=N–C) groups is 1. The van der Waals surface area contributed by atoms with E-state index < -0.39 is 0 Å². The topological polar surface area (TPSA) is 48.9 Å². The highest BCUT2D eigenvalue weighted by Gasteiger charge is 2.35. The second kappa shape index (κ2) is 11.3. The van der Waals surface area contributed by atoms with Crippen LogP contribution in [0.3, 0.4) is 0 Å². The van der Waals surface area contributed by atoms with Gasteiger partial charge in [0, 0.05) is 32.7 Å². The van der Waals surface area contributed by atoms with E-state index in [0.29, 0.717) is 12.0 Å². The van der Waals surface area contributed by atoms with Gasteiger partial charge in [-0.2, -0.15) is 0 Å². The van der Waals surface area contributed by atoms with Crippen LogP contribution in [0.5, 0.6) is 0 Å². The second-order valence-electron chi connectivity index (χ2n) is 9.67. The smallest absolute Gasteiger partial charge is 0.190 e. The number of piperidine rings is 1. The molecule has 0 aromatic carbocycles. The van der Waals surface area contributed by atoms with Crippen molar-refractivity contribution in [2.24, 2.45) is 22.2 Å². The van der Waals surface area contributed by atoms with Gasteiger partial charge in [-0.3, -0.25) is 4.99 Å². The summed E-state index contributed by atoms with van der Waals surface area (Å²) in [4.78, 5) is 7.03. The highest BCUT2D eigenvalue weighted by atomic mass is 16.5. The van der Waals surface area contributed by atoms with Gasteiger partial charge in [0.15, 0.2) is 5.96 Å². The Bertz CT molecular complexity index is 438. The summed E-state index contributed by atoms with van der Waals surface area (Å²) in [6.45, 7) is 15.9. The zero-order valence-corrected chi connectivity index (χ0v) is 18.5. The largest absolute Gasteiger partial charge is 0.377 e. The molecular formula is C22H44N4O. The zero-order chi connectivity index (χ0) is 19.7. The third-order valence-corrected chi connectivity index (χ3v) is 6.12. The van der Waals surface area contributed by atoms with Crippen molar-refractivity contribution < 1.29 is 4.74 Å². The Hall–Kier alpha value is -0.810. The predicted molar refractivity (Wildman–Crippen MR) is 115 cm³/mol. The maximum atomic E-state index is 6.09. The summed E-state index contributed by atoms with van der Waals surface area (Å²) in [5, 5.41) is 7.02. The molecular weight excluding hydrogens is 336 g/mol. The molecule has 2 saturated heterocycles. The van der Waals surface area contributed by atoms with Crippen LogP contribution in [0.1, 0.15) is 66.2 Å². The van der Waals surface area contributed by atoms with Gasteiger partial charge in [-0.25, -0.2) is 0 Å². The number of nitrogens with zero attached hydrogens (tertiary/aromatic N) is 2. The summed E-state index contributed by atoms with van der Waals surface area (Å²) in [6, 6.07) is 0. The molecule has 2 aliphatic heterocycles. The van der Waals surface area contributed by atoms with Gasteiger partial charge in [0.25, 0.3) is 0 Å². The third kappa shape index (κ3) is 7.98. The Balaban J connectivity index is 1.61. The lowest BCUT2D eigenvalue weighted by Gasteiger charge is -2.40. The molecule has 5 nitrogen and oxygen atoms in total. The van der Waals surface area contributed by atoms with Gasteiger partial charge < -0.3 is 20.3 Å². The molecule has 0 spiro atoms. The number of ether oxygens (including phenoxy) is 1. The zero-order valence-electron chi connectivity index (χ0n) is 18.5. The molecule has 27 heavy (non-hydrogen) atoms. The lowest BCUT2D eigenvalue weighted by atomic mass is 9.78. The maximum absolute atomic E-state index is 6.09. The van der Waals surface area contributed by atoms with Crippen molar-refractivity contribution in [3.05, 3.63) is 0 Å². The van der Waals surface area contributed by atoms with E-state index in [1.54, 1.807) is 0 Å². The van der Waals surface area contributed by atoms with Crippen molar-refractivity contribution in [2.45, 2.75) is 72.3 Å². The summed E-state index contributed by atoms with van der Waals surface area (Å²) in [6.07, 6.45) is 7.93. The number of guanidine groups is 1. The molecule has 5 heteroatoms. The SMILES string of the molecule is CN=C(NCCCCN1CCC(C)CC1)NCC1CCCOC1C(C)(C)C. The molecule has 2 fully saturated rings. The summed E-state index contributed by atoms with van der Waals surface area (Å²) in [5.74, 6) is 2.41. The van der Waals surface area contributed by atoms with Crippen LogP contribution < -0.4 is 10.6 Å². The van der Waals surface area contributed by atoms with E-state index in [-0.39, 0.29) is 5.41 Å². The average Bonchev–Trinajstić information content (AvgIpc) is 2.65. The lowest BCUT2D eigenvalue weighted by Crippen LogP contribution is -2.47. The van der Waals surface area contributed by atoms with Gasteiger partial charge in [-0.05, 0) is 69.5 Å². The Kier molecular flexibility index (Phi) is 9.37. The van der Waals surface area contributed by atoms with Crippen molar-refractivity contribution in [1.82, 2.24) is 15.5 Å². The summed E-state index contributed by atoms with van der Waals surface area (Å²) < 4.78 is 6.09. The second-order valence-corrected chi connectivity index (χ2v) is 9.67. The van der Waals surface area contributed by atoms with Crippen molar-refractivity contribution >= 4 is 5.96 Å². The van der Waals surface area contributed by atoms with E-state index in [1.807, 2.05) is 7.05 Å². The normalized spacial score (nSPS) is 26.2. The summed E-state index contributed by atoms with van der Waals surface area (Å²) in [7, 11) is 1.86. The van der Waals surface area contributed by atoms with Gasteiger partial charge in [-0.15, -0.1) is 0 Å². The molecule has 2 heterocycles. The average molecular weight is 381 g/mol. The van der Waals surface area contributed by atoms with E-state index in [1.165, 1.54) is 58.2 Å². The fourth-order valence-corrected chi connectivity index (χ4v) is 4.41. The van der Waals surface area contributed by atoms with Crippen molar-refractivity contribution in [3.8, 4) is 0 Å². The fourth-order valence-electron chi connectivity index (χ4n) is 4.41. The quantitative estimate of drug-likeness (QED) is 0.403. The molecule has 2 unspecified atom stereocenters. The number of rotatable bonds is 7. The van der Waals surface area contributed by atoms with Crippen molar-refractivity contribution in [1.29, 1.82) is 0 Å². The monoisotopic (exact) mass is 380 g/mol. The van der Waals surface area contributed by atoms with E-state index in [4.69, 9.17) is 4.74 Å². The number of nitrogens with one attached hydrogen (secondary N) is 2.